The standard InChI is InChI=1S/C9H7BrFNO2/c1-14-9(13)3-2-6-4-8(10)12-5-7(6)11/h2-5H,1H3. The Labute approximate surface area is 88.7 Å². The van der Waals surface area contributed by atoms with Gasteiger partial charge in [0.2, 0.25) is 0 Å². The van der Waals surface area contributed by atoms with Crippen LogP contribution in [-0.4, -0.2) is 18.1 Å². The summed E-state index contributed by atoms with van der Waals surface area (Å²) >= 11 is 3.09. The molecule has 1 heterocycles. The van der Waals surface area contributed by atoms with E-state index in [0.29, 0.717) is 4.60 Å². The Balaban J connectivity index is 2.90. The highest BCUT2D eigenvalue weighted by Crippen LogP contribution is 2.13. The molecule has 0 aliphatic heterocycles. The smallest absolute Gasteiger partial charge is 0.330 e. The normalized spacial score (nSPS) is 10.5. The van der Waals surface area contributed by atoms with Crippen molar-refractivity contribution in [2.45, 2.75) is 0 Å². The molecule has 0 amide bonds. The first-order valence-electron chi connectivity index (χ1n) is 3.70. The summed E-state index contributed by atoms with van der Waals surface area (Å²) in [6, 6.07) is 1.47. The predicted molar refractivity (Wildman–Crippen MR) is 52.9 cm³/mol. The molecule has 0 unspecified atom stereocenters. The van der Waals surface area contributed by atoms with Gasteiger partial charge in [0.15, 0.2) is 0 Å². The number of carbonyl (C=O) groups excluding carboxylic acids is 1. The van der Waals surface area contributed by atoms with Crippen LogP contribution in [-0.2, 0) is 9.53 Å². The van der Waals surface area contributed by atoms with Crippen LogP contribution in [0.15, 0.2) is 22.9 Å². The molecule has 0 bridgehead atoms. The lowest BCUT2D eigenvalue weighted by molar-refractivity contribution is -0.134. The summed E-state index contributed by atoms with van der Waals surface area (Å²) in [5, 5.41) is 0. The van der Waals surface area contributed by atoms with E-state index >= 15 is 0 Å². The molecule has 0 aromatic carbocycles. The molecule has 1 aromatic heterocycles. The van der Waals surface area contributed by atoms with Gasteiger partial charge in [0.1, 0.15) is 10.4 Å². The van der Waals surface area contributed by atoms with Crippen LogP contribution in [0.2, 0.25) is 0 Å². The summed E-state index contributed by atoms with van der Waals surface area (Å²) in [5.41, 5.74) is 0.275. The maximum atomic E-state index is 13.0. The number of hydrogen-bond donors (Lipinski definition) is 0. The highest BCUT2D eigenvalue weighted by Gasteiger charge is 2.00. The number of pyridine rings is 1. The first-order valence-corrected chi connectivity index (χ1v) is 4.50. The van der Waals surface area contributed by atoms with Crippen LogP contribution in [0, 0.1) is 5.82 Å². The van der Waals surface area contributed by atoms with E-state index < -0.39 is 11.8 Å². The molecule has 0 saturated carbocycles. The van der Waals surface area contributed by atoms with Gasteiger partial charge < -0.3 is 4.74 Å². The van der Waals surface area contributed by atoms with Gasteiger partial charge in [0.25, 0.3) is 0 Å². The quantitative estimate of drug-likeness (QED) is 0.464. The van der Waals surface area contributed by atoms with E-state index in [2.05, 4.69) is 25.7 Å². The number of carbonyl (C=O) groups is 1. The number of nitrogens with zero attached hydrogens (tertiary/aromatic N) is 1. The largest absolute Gasteiger partial charge is 0.466 e. The van der Waals surface area contributed by atoms with Crippen LogP contribution in [0.4, 0.5) is 4.39 Å². The summed E-state index contributed by atoms with van der Waals surface area (Å²) in [5.74, 6) is -1.02. The Morgan fingerprint density at radius 2 is 2.43 bits per heavy atom. The third-order valence-corrected chi connectivity index (χ3v) is 1.89. The highest BCUT2D eigenvalue weighted by molar-refractivity contribution is 9.10. The van der Waals surface area contributed by atoms with Crippen molar-refractivity contribution in [3.8, 4) is 0 Å². The summed E-state index contributed by atoms with van der Waals surface area (Å²) in [7, 11) is 1.26. The molecule has 0 fully saturated rings. The summed E-state index contributed by atoms with van der Waals surface area (Å²) in [6.07, 6.45) is 3.54. The van der Waals surface area contributed by atoms with Crippen molar-refractivity contribution in [2.24, 2.45) is 0 Å². The molecule has 0 aliphatic carbocycles. The van der Waals surface area contributed by atoms with Crippen LogP contribution in [0.25, 0.3) is 6.08 Å². The van der Waals surface area contributed by atoms with Crippen molar-refractivity contribution in [3.63, 3.8) is 0 Å². The molecular formula is C9H7BrFNO2. The fraction of sp³-hybridized carbons (Fsp3) is 0.111. The fourth-order valence-electron chi connectivity index (χ4n) is 0.781. The average molecular weight is 260 g/mol. The number of hydrogen-bond acceptors (Lipinski definition) is 3. The third kappa shape index (κ3) is 2.92. The van der Waals surface area contributed by atoms with Crippen molar-refractivity contribution < 1.29 is 13.9 Å². The van der Waals surface area contributed by atoms with E-state index in [1.165, 1.54) is 19.3 Å². The number of halogens is 2. The Morgan fingerprint density at radius 3 is 3.07 bits per heavy atom. The topological polar surface area (TPSA) is 39.2 Å². The lowest BCUT2D eigenvalue weighted by Crippen LogP contribution is -1.94. The maximum absolute atomic E-state index is 13.0. The molecule has 0 saturated heterocycles. The first-order chi connectivity index (χ1) is 6.63. The molecule has 1 rings (SSSR count). The second-order valence-electron chi connectivity index (χ2n) is 2.39. The molecule has 1 aromatic rings. The Bertz CT molecular complexity index is 379. The highest BCUT2D eigenvalue weighted by atomic mass is 79.9. The molecule has 74 valence electrons. The van der Waals surface area contributed by atoms with Gasteiger partial charge in [0, 0.05) is 11.6 Å². The zero-order valence-corrected chi connectivity index (χ0v) is 8.92. The molecule has 0 atom stereocenters. The summed E-state index contributed by atoms with van der Waals surface area (Å²) < 4.78 is 17.9. The van der Waals surface area contributed by atoms with Crippen molar-refractivity contribution in [1.82, 2.24) is 4.98 Å². The van der Waals surface area contributed by atoms with Crippen molar-refractivity contribution >= 4 is 28.0 Å². The van der Waals surface area contributed by atoms with Gasteiger partial charge in [-0.25, -0.2) is 14.2 Å². The number of methoxy groups -OCH3 is 1. The van der Waals surface area contributed by atoms with Crippen LogP contribution in [0.1, 0.15) is 5.56 Å². The molecule has 5 heteroatoms. The SMILES string of the molecule is COC(=O)C=Cc1cc(Br)ncc1F. The van der Waals surface area contributed by atoms with Crippen molar-refractivity contribution in [3.05, 3.63) is 34.3 Å². The minimum atomic E-state index is -0.530. The van der Waals surface area contributed by atoms with Gasteiger partial charge in [-0.15, -0.1) is 0 Å². The molecular weight excluding hydrogens is 253 g/mol. The van der Waals surface area contributed by atoms with E-state index in [-0.39, 0.29) is 5.56 Å². The maximum Gasteiger partial charge on any atom is 0.330 e. The lowest BCUT2D eigenvalue weighted by atomic mass is 10.2. The van der Waals surface area contributed by atoms with Crippen LogP contribution < -0.4 is 0 Å². The van der Waals surface area contributed by atoms with Gasteiger partial charge in [-0.1, -0.05) is 0 Å². The zero-order valence-electron chi connectivity index (χ0n) is 7.33. The molecule has 0 aliphatic rings. The van der Waals surface area contributed by atoms with E-state index in [9.17, 15) is 9.18 Å². The molecule has 14 heavy (non-hydrogen) atoms. The molecule has 0 spiro atoms. The molecule has 3 nitrogen and oxygen atoms in total. The first kappa shape index (κ1) is 10.8. The molecule has 0 N–H and O–H groups in total. The van der Waals surface area contributed by atoms with Crippen molar-refractivity contribution in [1.29, 1.82) is 0 Å². The Kier molecular flexibility index (Phi) is 3.76. The average Bonchev–Trinajstić information content (AvgIpc) is 2.19. The predicted octanol–water partition coefficient (Wildman–Crippen LogP) is 2.17. The van der Waals surface area contributed by atoms with Crippen LogP contribution in [0.5, 0.6) is 0 Å². The van der Waals surface area contributed by atoms with E-state index in [4.69, 9.17) is 0 Å². The van der Waals surface area contributed by atoms with E-state index in [1.807, 2.05) is 0 Å². The van der Waals surface area contributed by atoms with Gasteiger partial charge in [-0.2, -0.15) is 0 Å². The van der Waals surface area contributed by atoms with E-state index in [1.54, 1.807) is 0 Å². The number of rotatable bonds is 2. The van der Waals surface area contributed by atoms with Gasteiger partial charge in [0.05, 0.1) is 13.3 Å². The number of aromatic nitrogens is 1. The third-order valence-electron chi connectivity index (χ3n) is 1.45. The monoisotopic (exact) mass is 259 g/mol. The zero-order chi connectivity index (χ0) is 10.6. The second kappa shape index (κ2) is 4.85. The Morgan fingerprint density at radius 1 is 1.71 bits per heavy atom. The Hall–Kier alpha value is -1.23. The van der Waals surface area contributed by atoms with Gasteiger partial charge in [-0.05, 0) is 28.1 Å². The second-order valence-corrected chi connectivity index (χ2v) is 3.20. The fourth-order valence-corrected chi connectivity index (χ4v) is 1.13. The minimum Gasteiger partial charge on any atom is -0.466 e. The van der Waals surface area contributed by atoms with E-state index in [0.717, 1.165) is 12.3 Å². The summed E-state index contributed by atoms with van der Waals surface area (Å²) in [6.45, 7) is 0. The number of esters is 1. The summed E-state index contributed by atoms with van der Waals surface area (Å²) in [4.78, 5) is 14.4. The van der Waals surface area contributed by atoms with Crippen LogP contribution in [0.3, 0.4) is 0 Å². The van der Waals surface area contributed by atoms with Crippen LogP contribution >= 0.6 is 15.9 Å². The van der Waals surface area contributed by atoms with Gasteiger partial charge in [-0.3, -0.25) is 0 Å². The number of ether oxygens (including phenoxy) is 1. The lowest BCUT2D eigenvalue weighted by Gasteiger charge is -1.96. The molecule has 0 radical (unpaired) electrons. The van der Waals surface area contributed by atoms with Crippen molar-refractivity contribution in [2.75, 3.05) is 7.11 Å². The minimum absolute atomic E-state index is 0.275. The van der Waals surface area contributed by atoms with Gasteiger partial charge >= 0.3 is 5.97 Å².